The molecule has 0 saturated heterocycles. The third-order valence-electron chi connectivity index (χ3n) is 2.83. The van der Waals surface area contributed by atoms with Crippen LogP contribution < -0.4 is 10.1 Å². The van der Waals surface area contributed by atoms with Gasteiger partial charge < -0.3 is 15.2 Å². The first-order chi connectivity index (χ1) is 7.75. The fraction of sp³-hybridized carbons (Fsp3) is 0.800. The standard InChI is InChI=1S/C10H17N3O2S/c1-7-2-8(7)3-11-4-9(14)6-15-10-5-12-16-13-10/h5,7-9,11,14H,2-4,6H2,1H3. The molecule has 3 atom stereocenters. The highest BCUT2D eigenvalue weighted by Crippen LogP contribution is 2.36. The van der Waals surface area contributed by atoms with E-state index in [1.165, 1.54) is 6.42 Å². The van der Waals surface area contributed by atoms with Gasteiger partial charge in [-0.3, -0.25) is 0 Å². The Bertz CT molecular complexity index is 307. The number of rotatable bonds is 7. The van der Waals surface area contributed by atoms with Gasteiger partial charge in [-0.1, -0.05) is 6.92 Å². The van der Waals surface area contributed by atoms with Crippen molar-refractivity contribution < 1.29 is 9.84 Å². The summed E-state index contributed by atoms with van der Waals surface area (Å²) in [7, 11) is 0. The number of aliphatic hydroxyl groups excluding tert-OH is 1. The van der Waals surface area contributed by atoms with Gasteiger partial charge >= 0.3 is 0 Å². The summed E-state index contributed by atoms with van der Waals surface area (Å²) < 4.78 is 13.0. The summed E-state index contributed by atoms with van der Waals surface area (Å²) in [4.78, 5) is 0. The Morgan fingerprint density at radius 3 is 3.19 bits per heavy atom. The van der Waals surface area contributed by atoms with Crippen LogP contribution in [0.4, 0.5) is 0 Å². The molecule has 0 amide bonds. The zero-order valence-electron chi connectivity index (χ0n) is 9.30. The van der Waals surface area contributed by atoms with Gasteiger partial charge in [0.2, 0.25) is 5.88 Å². The van der Waals surface area contributed by atoms with Gasteiger partial charge in [-0.2, -0.15) is 4.37 Å². The average molecular weight is 243 g/mol. The minimum Gasteiger partial charge on any atom is -0.473 e. The monoisotopic (exact) mass is 243 g/mol. The van der Waals surface area contributed by atoms with E-state index < -0.39 is 6.10 Å². The maximum absolute atomic E-state index is 9.61. The minimum absolute atomic E-state index is 0.263. The van der Waals surface area contributed by atoms with E-state index in [0.29, 0.717) is 12.4 Å². The zero-order valence-corrected chi connectivity index (χ0v) is 10.1. The number of ether oxygens (including phenoxy) is 1. The van der Waals surface area contributed by atoms with Gasteiger partial charge in [0.15, 0.2) is 0 Å². The molecule has 0 radical (unpaired) electrons. The second kappa shape index (κ2) is 5.56. The lowest BCUT2D eigenvalue weighted by molar-refractivity contribution is 0.104. The second-order valence-electron chi connectivity index (χ2n) is 4.34. The van der Waals surface area contributed by atoms with Crippen LogP contribution in [0.25, 0.3) is 0 Å². The number of hydrogen-bond donors (Lipinski definition) is 2. The molecule has 0 aliphatic heterocycles. The first-order valence-corrected chi connectivity index (χ1v) is 6.28. The molecule has 6 heteroatoms. The summed E-state index contributed by atoms with van der Waals surface area (Å²) in [6, 6.07) is 0. The number of aromatic nitrogens is 2. The first-order valence-electron chi connectivity index (χ1n) is 5.55. The fourth-order valence-electron chi connectivity index (χ4n) is 1.58. The molecule has 1 saturated carbocycles. The fourth-order valence-corrected chi connectivity index (χ4v) is 1.94. The van der Waals surface area contributed by atoms with Crippen molar-refractivity contribution in [2.24, 2.45) is 11.8 Å². The molecule has 0 aromatic carbocycles. The van der Waals surface area contributed by atoms with E-state index in [1.807, 2.05) is 0 Å². The Balaban J connectivity index is 1.52. The van der Waals surface area contributed by atoms with Crippen molar-refractivity contribution in [3.63, 3.8) is 0 Å². The average Bonchev–Trinajstić information content (AvgIpc) is 2.80. The lowest BCUT2D eigenvalue weighted by atomic mass is 10.3. The Labute approximate surface area is 99.2 Å². The molecule has 2 rings (SSSR count). The van der Waals surface area contributed by atoms with Crippen molar-refractivity contribution in [1.82, 2.24) is 14.1 Å². The molecule has 3 unspecified atom stereocenters. The first kappa shape index (κ1) is 11.8. The van der Waals surface area contributed by atoms with Gasteiger partial charge in [0.05, 0.1) is 11.7 Å². The van der Waals surface area contributed by atoms with E-state index in [2.05, 4.69) is 21.0 Å². The molecule has 0 spiro atoms. The van der Waals surface area contributed by atoms with Crippen molar-refractivity contribution in [1.29, 1.82) is 0 Å². The molecule has 1 aromatic heterocycles. The van der Waals surface area contributed by atoms with Gasteiger partial charge in [-0.05, 0) is 24.8 Å². The van der Waals surface area contributed by atoms with Gasteiger partial charge in [0.1, 0.15) is 18.9 Å². The molecular formula is C10H17N3O2S. The lowest BCUT2D eigenvalue weighted by Gasteiger charge is -2.11. The van der Waals surface area contributed by atoms with Gasteiger partial charge in [0.25, 0.3) is 0 Å². The summed E-state index contributed by atoms with van der Waals surface area (Å²) in [5.41, 5.74) is 0. The van der Waals surface area contributed by atoms with Gasteiger partial charge in [-0.15, -0.1) is 4.37 Å². The van der Waals surface area contributed by atoms with Gasteiger partial charge in [-0.25, -0.2) is 0 Å². The molecule has 1 heterocycles. The van der Waals surface area contributed by atoms with Crippen molar-refractivity contribution in [3.05, 3.63) is 6.20 Å². The third kappa shape index (κ3) is 3.70. The van der Waals surface area contributed by atoms with E-state index in [4.69, 9.17) is 4.74 Å². The molecule has 1 fully saturated rings. The highest BCUT2D eigenvalue weighted by molar-refractivity contribution is 6.99. The lowest BCUT2D eigenvalue weighted by Crippen LogP contribution is -2.32. The molecule has 16 heavy (non-hydrogen) atoms. The highest BCUT2D eigenvalue weighted by atomic mass is 32.1. The SMILES string of the molecule is CC1CC1CNCC(O)COc1cnsn1. The predicted molar refractivity (Wildman–Crippen MR) is 61.6 cm³/mol. The molecular weight excluding hydrogens is 226 g/mol. The Morgan fingerprint density at radius 1 is 1.75 bits per heavy atom. The van der Waals surface area contributed by atoms with Crippen molar-refractivity contribution in [2.45, 2.75) is 19.4 Å². The maximum Gasteiger partial charge on any atom is 0.245 e. The Hall–Kier alpha value is -0.720. The van der Waals surface area contributed by atoms with E-state index in [0.717, 1.165) is 30.1 Å². The molecule has 1 aliphatic carbocycles. The summed E-state index contributed by atoms with van der Waals surface area (Å²) >= 11 is 1.10. The van der Waals surface area contributed by atoms with Crippen LogP contribution in [0.2, 0.25) is 0 Å². The van der Waals surface area contributed by atoms with E-state index in [9.17, 15) is 5.11 Å². The van der Waals surface area contributed by atoms with Crippen LogP contribution in [0.1, 0.15) is 13.3 Å². The third-order valence-corrected chi connectivity index (χ3v) is 3.29. The molecule has 90 valence electrons. The molecule has 5 nitrogen and oxygen atoms in total. The molecule has 1 aromatic rings. The van der Waals surface area contributed by atoms with E-state index in [-0.39, 0.29) is 6.61 Å². The quantitative estimate of drug-likeness (QED) is 0.731. The number of aliphatic hydroxyl groups is 1. The smallest absolute Gasteiger partial charge is 0.245 e. The second-order valence-corrected chi connectivity index (χ2v) is 4.90. The molecule has 1 aliphatic rings. The number of nitrogens with zero attached hydrogens (tertiary/aromatic N) is 2. The van der Waals surface area contributed by atoms with E-state index in [1.54, 1.807) is 6.20 Å². The van der Waals surface area contributed by atoms with Crippen LogP contribution in [0, 0.1) is 11.8 Å². The molecule has 0 bridgehead atoms. The van der Waals surface area contributed by atoms with Crippen LogP contribution in [0.5, 0.6) is 5.88 Å². The predicted octanol–water partition coefficient (Wildman–Crippen LogP) is 0.523. The number of nitrogens with one attached hydrogen (secondary N) is 1. The summed E-state index contributed by atoms with van der Waals surface area (Å²) in [5, 5.41) is 12.9. The van der Waals surface area contributed by atoms with Crippen LogP contribution in [-0.2, 0) is 0 Å². The number of hydrogen-bond acceptors (Lipinski definition) is 6. The van der Waals surface area contributed by atoms with Crippen LogP contribution in [0.3, 0.4) is 0 Å². The minimum atomic E-state index is -0.490. The van der Waals surface area contributed by atoms with Crippen LogP contribution in [-0.4, -0.2) is 39.7 Å². The maximum atomic E-state index is 9.61. The largest absolute Gasteiger partial charge is 0.473 e. The zero-order chi connectivity index (χ0) is 11.4. The van der Waals surface area contributed by atoms with Crippen molar-refractivity contribution >= 4 is 11.7 Å². The molecule has 2 N–H and O–H groups in total. The highest BCUT2D eigenvalue weighted by Gasteiger charge is 2.31. The van der Waals surface area contributed by atoms with Gasteiger partial charge in [0, 0.05) is 6.54 Å². The summed E-state index contributed by atoms with van der Waals surface area (Å²) in [6.07, 6.45) is 2.37. The summed E-state index contributed by atoms with van der Waals surface area (Å²) in [5.74, 6) is 2.14. The van der Waals surface area contributed by atoms with E-state index >= 15 is 0 Å². The van der Waals surface area contributed by atoms with Crippen LogP contribution >= 0.6 is 11.7 Å². The summed E-state index contributed by atoms with van der Waals surface area (Å²) in [6.45, 7) is 4.08. The van der Waals surface area contributed by atoms with Crippen LogP contribution in [0.15, 0.2) is 6.20 Å². The topological polar surface area (TPSA) is 67.3 Å². The van der Waals surface area contributed by atoms with Crippen molar-refractivity contribution in [2.75, 3.05) is 19.7 Å². The van der Waals surface area contributed by atoms with Crippen molar-refractivity contribution in [3.8, 4) is 5.88 Å². The Kier molecular flexibility index (Phi) is 4.09. The Morgan fingerprint density at radius 2 is 2.56 bits per heavy atom. The normalized spacial score (nSPS) is 25.4.